The Morgan fingerprint density at radius 1 is 1.75 bits per heavy atom. The first-order chi connectivity index (χ1) is 7.69. The van der Waals surface area contributed by atoms with Crippen LogP contribution in [0, 0.1) is 11.3 Å². The maximum Gasteiger partial charge on any atom is 0.261 e. The molecule has 1 amide bonds. The van der Waals surface area contributed by atoms with Gasteiger partial charge in [-0.3, -0.25) is 9.21 Å². The Bertz CT molecular complexity index is 368. The zero-order valence-corrected chi connectivity index (χ0v) is 9.92. The second-order valence-corrected chi connectivity index (χ2v) is 3.81. The highest BCUT2D eigenvalue weighted by Crippen LogP contribution is 2.22. The van der Waals surface area contributed by atoms with Crippen molar-refractivity contribution < 1.29 is 4.79 Å². The van der Waals surface area contributed by atoms with E-state index >= 15 is 0 Å². The standard InChI is InChI=1S/C11H14ClN3O/c1-2-14-11(16)9(8-13)5-6-10-4-3-7-15(10)12/h5-6H,2-4,7H2,1H3,(H,14,16). The largest absolute Gasteiger partial charge is 0.352 e. The summed E-state index contributed by atoms with van der Waals surface area (Å²) in [5, 5.41) is 11.4. The normalized spacial score (nSPS) is 18.7. The minimum atomic E-state index is -0.346. The summed E-state index contributed by atoms with van der Waals surface area (Å²) in [6.45, 7) is 3.13. The molecule has 1 N–H and O–H groups in total. The fraction of sp³-hybridized carbons (Fsp3) is 0.455. The van der Waals surface area contributed by atoms with E-state index in [1.807, 2.05) is 13.0 Å². The number of carbonyl (C=O) groups is 1. The average Bonchev–Trinajstić information content (AvgIpc) is 2.66. The molecule has 0 bridgehead atoms. The summed E-state index contributed by atoms with van der Waals surface area (Å²) in [7, 11) is 0. The predicted octanol–water partition coefficient (Wildman–Crippen LogP) is 1.71. The molecule has 1 aliphatic rings. The Labute approximate surface area is 100 Å². The fourth-order valence-electron chi connectivity index (χ4n) is 1.43. The molecule has 1 fully saturated rings. The Morgan fingerprint density at radius 3 is 3.00 bits per heavy atom. The molecular formula is C11H14ClN3O. The zero-order chi connectivity index (χ0) is 12.0. The van der Waals surface area contributed by atoms with Gasteiger partial charge in [-0.05, 0) is 31.9 Å². The van der Waals surface area contributed by atoms with Crippen molar-refractivity contribution in [1.29, 1.82) is 5.26 Å². The number of nitriles is 1. The topological polar surface area (TPSA) is 56.1 Å². The van der Waals surface area contributed by atoms with Gasteiger partial charge in [0.2, 0.25) is 0 Å². The van der Waals surface area contributed by atoms with Crippen LogP contribution in [0.3, 0.4) is 0 Å². The first-order valence-corrected chi connectivity index (χ1v) is 5.55. The van der Waals surface area contributed by atoms with E-state index in [0.717, 1.165) is 25.1 Å². The van der Waals surface area contributed by atoms with Gasteiger partial charge in [-0.25, -0.2) is 0 Å². The number of rotatable bonds is 3. The van der Waals surface area contributed by atoms with E-state index in [9.17, 15) is 4.79 Å². The van der Waals surface area contributed by atoms with Crippen molar-refractivity contribution in [2.45, 2.75) is 19.8 Å². The zero-order valence-electron chi connectivity index (χ0n) is 9.16. The number of nitrogens with zero attached hydrogens (tertiary/aromatic N) is 2. The second kappa shape index (κ2) is 6.19. The number of carbonyl (C=O) groups excluding carboxylic acids is 1. The van der Waals surface area contributed by atoms with Crippen LogP contribution in [0.2, 0.25) is 0 Å². The number of hydrogen-bond acceptors (Lipinski definition) is 3. The van der Waals surface area contributed by atoms with Crippen LogP contribution in [0.15, 0.2) is 23.4 Å². The van der Waals surface area contributed by atoms with Crippen molar-refractivity contribution in [1.82, 2.24) is 9.74 Å². The van der Waals surface area contributed by atoms with E-state index in [4.69, 9.17) is 17.0 Å². The van der Waals surface area contributed by atoms with Crippen molar-refractivity contribution in [2.75, 3.05) is 13.1 Å². The third kappa shape index (κ3) is 3.28. The Hall–Kier alpha value is -1.47. The summed E-state index contributed by atoms with van der Waals surface area (Å²) in [6, 6.07) is 1.87. The number of allylic oxidation sites excluding steroid dienone is 3. The molecule has 0 saturated carbocycles. The van der Waals surface area contributed by atoms with Gasteiger partial charge in [0.15, 0.2) is 0 Å². The highest BCUT2D eigenvalue weighted by atomic mass is 35.5. The lowest BCUT2D eigenvalue weighted by molar-refractivity contribution is -0.117. The number of halogens is 1. The number of nitrogens with one attached hydrogen (secondary N) is 1. The Kier molecular flexibility index (Phi) is 4.87. The molecule has 16 heavy (non-hydrogen) atoms. The fourth-order valence-corrected chi connectivity index (χ4v) is 1.69. The molecule has 0 spiro atoms. The van der Waals surface area contributed by atoms with Gasteiger partial charge in [-0.15, -0.1) is 0 Å². The van der Waals surface area contributed by atoms with Crippen LogP contribution in [-0.2, 0) is 4.79 Å². The molecule has 0 aliphatic carbocycles. The van der Waals surface area contributed by atoms with Crippen molar-refractivity contribution in [3.8, 4) is 6.07 Å². The summed E-state index contributed by atoms with van der Waals surface area (Å²) in [4.78, 5) is 11.4. The summed E-state index contributed by atoms with van der Waals surface area (Å²) in [6.07, 6.45) is 5.13. The van der Waals surface area contributed by atoms with Gasteiger partial charge in [0.25, 0.3) is 5.91 Å². The van der Waals surface area contributed by atoms with Crippen LogP contribution in [0.1, 0.15) is 19.8 Å². The molecule has 4 nitrogen and oxygen atoms in total. The van der Waals surface area contributed by atoms with Gasteiger partial charge in [-0.2, -0.15) is 5.26 Å². The van der Waals surface area contributed by atoms with Gasteiger partial charge in [0.1, 0.15) is 11.6 Å². The molecular weight excluding hydrogens is 226 g/mol. The molecule has 1 saturated heterocycles. The lowest BCUT2D eigenvalue weighted by Gasteiger charge is -2.07. The molecule has 0 aromatic carbocycles. The first kappa shape index (κ1) is 12.6. The van der Waals surface area contributed by atoms with E-state index in [0.29, 0.717) is 6.54 Å². The average molecular weight is 240 g/mol. The van der Waals surface area contributed by atoms with E-state index in [1.54, 1.807) is 10.5 Å². The summed E-state index contributed by atoms with van der Waals surface area (Å²) in [5.74, 6) is -0.346. The highest BCUT2D eigenvalue weighted by molar-refractivity contribution is 6.14. The van der Waals surface area contributed by atoms with Gasteiger partial charge in [-0.1, -0.05) is 0 Å². The Morgan fingerprint density at radius 2 is 2.50 bits per heavy atom. The maximum atomic E-state index is 11.4. The van der Waals surface area contributed by atoms with E-state index in [-0.39, 0.29) is 11.5 Å². The number of hydrogen-bond donors (Lipinski definition) is 1. The number of amides is 1. The van der Waals surface area contributed by atoms with E-state index in [2.05, 4.69) is 5.32 Å². The molecule has 0 atom stereocenters. The summed E-state index contributed by atoms with van der Waals surface area (Å²) < 4.78 is 1.61. The first-order valence-electron chi connectivity index (χ1n) is 5.21. The highest BCUT2D eigenvalue weighted by Gasteiger charge is 2.14. The van der Waals surface area contributed by atoms with Crippen molar-refractivity contribution in [2.24, 2.45) is 0 Å². The number of likely N-dealkylation sites (N-methyl/N-ethyl adjacent to an activating group) is 1. The van der Waals surface area contributed by atoms with Gasteiger partial charge in [0, 0.05) is 30.6 Å². The molecule has 0 aromatic heterocycles. The van der Waals surface area contributed by atoms with Gasteiger partial charge >= 0.3 is 0 Å². The second-order valence-electron chi connectivity index (χ2n) is 3.40. The van der Waals surface area contributed by atoms with Crippen LogP contribution < -0.4 is 5.32 Å². The summed E-state index contributed by atoms with van der Waals surface area (Å²) in [5.41, 5.74) is 1.05. The van der Waals surface area contributed by atoms with Crippen LogP contribution in [0.25, 0.3) is 0 Å². The van der Waals surface area contributed by atoms with Crippen molar-refractivity contribution >= 4 is 17.7 Å². The lowest BCUT2D eigenvalue weighted by atomic mass is 10.2. The quantitative estimate of drug-likeness (QED) is 0.463. The van der Waals surface area contributed by atoms with Crippen LogP contribution in [0.5, 0.6) is 0 Å². The molecule has 1 heterocycles. The molecule has 5 heteroatoms. The minimum absolute atomic E-state index is 0.103. The third-order valence-electron chi connectivity index (χ3n) is 2.24. The van der Waals surface area contributed by atoms with Crippen molar-refractivity contribution in [3.63, 3.8) is 0 Å². The SMILES string of the molecule is CCNC(=O)C(C#N)=CC=C1CCCN1Cl. The van der Waals surface area contributed by atoms with Gasteiger partial charge in [0.05, 0.1) is 0 Å². The van der Waals surface area contributed by atoms with Crippen molar-refractivity contribution in [3.05, 3.63) is 23.4 Å². The maximum absolute atomic E-state index is 11.4. The van der Waals surface area contributed by atoms with E-state index < -0.39 is 0 Å². The minimum Gasteiger partial charge on any atom is -0.352 e. The molecule has 1 aliphatic heterocycles. The van der Waals surface area contributed by atoms with Crippen LogP contribution in [0.4, 0.5) is 0 Å². The molecule has 86 valence electrons. The molecule has 1 rings (SSSR count). The van der Waals surface area contributed by atoms with Crippen LogP contribution >= 0.6 is 11.8 Å². The van der Waals surface area contributed by atoms with Gasteiger partial charge < -0.3 is 5.32 Å². The molecule has 0 unspecified atom stereocenters. The third-order valence-corrected chi connectivity index (χ3v) is 2.63. The van der Waals surface area contributed by atoms with E-state index in [1.165, 1.54) is 6.08 Å². The van der Waals surface area contributed by atoms with Crippen LogP contribution in [-0.4, -0.2) is 23.4 Å². The smallest absolute Gasteiger partial charge is 0.261 e. The Balaban J connectivity index is 2.74. The predicted molar refractivity (Wildman–Crippen MR) is 62.3 cm³/mol. The molecule has 0 aromatic rings. The monoisotopic (exact) mass is 239 g/mol. The lowest BCUT2D eigenvalue weighted by Crippen LogP contribution is -2.23. The molecule has 0 radical (unpaired) electrons. The summed E-state index contributed by atoms with van der Waals surface area (Å²) >= 11 is 5.90.